The Hall–Kier alpha value is -1.84. The first-order chi connectivity index (χ1) is 27.5. The van der Waals surface area contributed by atoms with Crippen LogP contribution in [0.25, 0.3) is 0 Å². The summed E-state index contributed by atoms with van der Waals surface area (Å²) in [5.74, 6) is 0. The van der Waals surface area contributed by atoms with Crippen LogP contribution in [0.4, 0.5) is 0 Å². The second-order valence-corrected chi connectivity index (χ2v) is 23.3. The van der Waals surface area contributed by atoms with Crippen LogP contribution in [0, 0.1) is 25.7 Å². The number of allylic oxidation sites excluding steroid dienone is 6. The van der Waals surface area contributed by atoms with Crippen molar-refractivity contribution < 1.29 is 17.1 Å². The third kappa shape index (κ3) is 11.3. The predicted molar refractivity (Wildman–Crippen MR) is 243 cm³/mol. The molecule has 4 saturated carbocycles. The smallest absolute Gasteiger partial charge is 0.300 e. The van der Waals surface area contributed by atoms with E-state index in [-0.39, 0.29) is 45.0 Å². The van der Waals surface area contributed by atoms with E-state index in [1.807, 2.05) is 0 Å². The number of hydrogen-bond acceptors (Lipinski definition) is 2. The van der Waals surface area contributed by atoms with Crippen molar-refractivity contribution in [3.05, 3.63) is 129 Å². The van der Waals surface area contributed by atoms with Crippen molar-refractivity contribution in [3.8, 4) is 0 Å². The molecule has 304 valence electrons. The average molecular weight is 839 g/mol. The standard InChI is InChI=1S/2C26H34NP.Fe/c2*1-27(2)26(21-13-6-3-7-14-21)24-19-12-20-25(24)28(22-15-8-4-9-16-22)23-17-10-5-11-18-23;/h2*3,6-7,13-14,22-23,26H,4-5,8-11,15-18H2,1-2H3;/q2*-1;+2/t2*26-;/m00./s1. The minimum atomic E-state index is -0.168. The molecule has 0 N–H and O–H groups in total. The maximum absolute atomic E-state index is 3.63. The summed E-state index contributed by atoms with van der Waals surface area (Å²) in [6.07, 6.45) is 50.5. The maximum atomic E-state index is 3.63. The van der Waals surface area contributed by atoms with Crippen LogP contribution in [-0.2, 0) is 17.1 Å². The summed E-state index contributed by atoms with van der Waals surface area (Å²) in [5.41, 5.74) is 29.9. The molecule has 4 fully saturated rings. The molecule has 8 aliphatic carbocycles. The third-order valence-electron chi connectivity index (χ3n) is 13.5. The van der Waals surface area contributed by atoms with Gasteiger partial charge >= 0.3 is 17.1 Å². The van der Waals surface area contributed by atoms with Gasteiger partial charge in [0.15, 0.2) is 0 Å². The third-order valence-corrected chi connectivity index (χ3v) is 20.4. The fraction of sp³-hybridized carbons (Fsp3) is 0.577. The average Bonchev–Trinajstić information content (AvgIpc) is 3.91. The van der Waals surface area contributed by atoms with E-state index >= 15 is 0 Å². The topological polar surface area (TPSA) is 6.48 Å². The second-order valence-electron chi connectivity index (χ2n) is 17.8. The van der Waals surface area contributed by atoms with Gasteiger partial charge in [0.05, 0.1) is 0 Å². The molecule has 2 atom stereocenters. The van der Waals surface area contributed by atoms with E-state index in [0.717, 1.165) is 22.6 Å². The second kappa shape index (κ2) is 22.7. The number of hydrogen-bond donors (Lipinski definition) is 0. The predicted octanol–water partition coefficient (Wildman–Crippen LogP) is 13.4. The molecular formula is C52H68FeN2P2. The van der Waals surface area contributed by atoms with Crippen molar-refractivity contribution in [1.29, 1.82) is 0 Å². The van der Waals surface area contributed by atoms with Crippen molar-refractivity contribution in [2.24, 2.45) is 0 Å². The van der Waals surface area contributed by atoms with E-state index in [4.69, 9.17) is 0 Å². The quantitative estimate of drug-likeness (QED) is 0.0836. The van der Waals surface area contributed by atoms with Gasteiger partial charge in [-0.15, -0.1) is 24.0 Å². The summed E-state index contributed by atoms with van der Waals surface area (Å²) in [6.45, 7) is 0. The van der Waals surface area contributed by atoms with Crippen LogP contribution in [0.1, 0.15) is 128 Å². The molecule has 0 aliphatic heterocycles. The molecule has 0 saturated heterocycles. The minimum absolute atomic E-state index is 0. The van der Waals surface area contributed by atoms with Crippen LogP contribution in [0.5, 0.6) is 0 Å². The molecule has 0 aromatic rings. The largest absolute Gasteiger partial charge is 2.00 e. The number of rotatable bonds is 12. The number of likely N-dealkylation sites (N-methyl/N-ethyl adjacent to an activating group) is 2. The fourth-order valence-corrected chi connectivity index (χ4v) is 18.5. The Morgan fingerprint density at radius 1 is 0.491 bits per heavy atom. The van der Waals surface area contributed by atoms with E-state index in [2.05, 4.69) is 135 Å². The van der Waals surface area contributed by atoms with Gasteiger partial charge in [-0.05, 0) is 114 Å². The Labute approximate surface area is 361 Å². The van der Waals surface area contributed by atoms with Gasteiger partial charge in [0.2, 0.25) is 0 Å². The molecule has 2 nitrogen and oxygen atoms in total. The van der Waals surface area contributed by atoms with Gasteiger partial charge in [0.1, 0.15) is 0 Å². The monoisotopic (exact) mass is 838 g/mol. The summed E-state index contributed by atoms with van der Waals surface area (Å²) >= 11 is 0. The Morgan fingerprint density at radius 2 is 0.807 bits per heavy atom. The van der Waals surface area contributed by atoms with Crippen molar-refractivity contribution in [3.63, 3.8) is 0 Å². The summed E-state index contributed by atoms with van der Waals surface area (Å²) in [4.78, 5) is 4.70. The van der Waals surface area contributed by atoms with E-state index in [9.17, 15) is 0 Å². The first-order valence-electron chi connectivity index (χ1n) is 22.5. The van der Waals surface area contributed by atoms with Crippen molar-refractivity contribution >= 4 is 15.8 Å². The van der Waals surface area contributed by atoms with E-state index in [1.165, 1.54) is 161 Å². The van der Waals surface area contributed by atoms with Gasteiger partial charge in [0.25, 0.3) is 0 Å². The molecule has 0 aromatic carbocycles. The molecule has 0 bridgehead atoms. The van der Waals surface area contributed by atoms with Crippen LogP contribution in [0.2, 0.25) is 0 Å². The Kier molecular flexibility index (Phi) is 17.8. The first kappa shape index (κ1) is 44.7. The normalized spacial score (nSPS) is 23.9. The molecule has 0 heterocycles. The molecular weight excluding hydrogens is 770 g/mol. The summed E-state index contributed by atoms with van der Waals surface area (Å²) in [7, 11) is 8.46. The van der Waals surface area contributed by atoms with Crippen LogP contribution in [-0.4, -0.2) is 72.7 Å². The molecule has 0 unspecified atom stereocenters. The molecule has 5 heteroatoms. The van der Waals surface area contributed by atoms with Crippen LogP contribution in [0.15, 0.2) is 104 Å². The maximum Gasteiger partial charge on any atom is 2.00 e. The zero-order valence-corrected chi connectivity index (χ0v) is 38.4. The summed E-state index contributed by atoms with van der Waals surface area (Å²) in [6, 6.07) is 0.520. The van der Waals surface area contributed by atoms with Crippen molar-refractivity contribution in [1.82, 2.24) is 9.80 Å². The van der Waals surface area contributed by atoms with Crippen molar-refractivity contribution in [2.45, 2.75) is 163 Å². The van der Waals surface area contributed by atoms with E-state index in [1.54, 1.807) is 0 Å². The summed E-state index contributed by atoms with van der Waals surface area (Å²) < 4.78 is 0. The molecule has 8 aliphatic rings. The fourth-order valence-electron chi connectivity index (χ4n) is 10.9. The Morgan fingerprint density at radius 3 is 1.07 bits per heavy atom. The van der Waals surface area contributed by atoms with Gasteiger partial charge < -0.3 is 0 Å². The van der Waals surface area contributed by atoms with Crippen LogP contribution >= 0.6 is 15.8 Å². The summed E-state index contributed by atoms with van der Waals surface area (Å²) in [5, 5.41) is 3.02. The van der Waals surface area contributed by atoms with Crippen molar-refractivity contribution in [2.75, 3.05) is 28.2 Å². The van der Waals surface area contributed by atoms with Gasteiger partial charge in [-0.3, -0.25) is 9.80 Å². The SMILES string of the molecule is CN(C)[C@H](C1=C=C=C=C1P(C1CCCCC1)C1CCCCC1)C1=C[CH]C=C[CH-]1.CN(C)[C@H](C1=C=C=C=C1P(C1CCCCC1)C1CCCCC1)C1=C[CH]C=C[CH-]1.[Fe+2]. The molecule has 0 spiro atoms. The molecule has 57 heavy (non-hydrogen) atoms. The zero-order chi connectivity index (χ0) is 38.7. The minimum Gasteiger partial charge on any atom is -0.300 e. The Bertz CT molecular complexity index is 1610. The van der Waals surface area contributed by atoms with E-state index in [0.29, 0.717) is 0 Å². The zero-order valence-electron chi connectivity index (χ0n) is 35.5. The molecule has 0 aromatic heterocycles. The van der Waals surface area contributed by atoms with Gasteiger partial charge in [-0.1, -0.05) is 116 Å². The van der Waals surface area contributed by atoms with Gasteiger partial charge in [-0.25, -0.2) is 0 Å². The number of nitrogens with zero attached hydrogens (tertiary/aromatic N) is 2. The van der Waals surface area contributed by atoms with Crippen LogP contribution in [0.3, 0.4) is 0 Å². The first-order valence-corrected chi connectivity index (χ1v) is 25.5. The van der Waals surface area contributed by atoms with Crippen LogP contribution < -0.4 is 0 Å². The Balaban J connectivity index is 0.000000189. The molecule has 0 amide bonds. The molecule has 2 radical (unpaired) electrons. The van der Waals surface area contributed by atoms with Gasteiger partial charge in [-0.2, -0.15) is 49.3 Å². The van der Waals surface area contributed by atoms with Gasteiger partial charge in [0, 0.05) is 33.9 Å². The molecule has 8 rings (SSSR count). The van der Waals surface area contributed by atoms with E-state index < -0.39 is 0 Å².